The standard InChI is InChI=1S/C23H30N2O2S/c1-5-18(17-9-7-6-8-10-17)21-16(4)20(13-28-21)22(26)24-12-19-14(2)11-15(3)25-23(19)27/h5,11,13,17H,6-10,12H2,1-4H3,(H,24,26)(H,25,27). The first-order valence-electron chi connectivity index (χ1n) is 10.1. The Morgan fingerprint density at radius 1 is 1.25 bits per heavy atom. The molecule has 2 aromatic heterocycles. The fraction of sp³-hybridized carbons (Fsp3) is 0.478. The van der Waals surface area contributed by atoms with Crippen LogP contribution in [0.25, 0.3) is 5.57 Å². The highest BCUT2D eigenvalue weighted by atomic mass is 32.1. The predicted molar refractivity (Wildman–Crippen MR) is 117 cm³/mol. The van der Waals surface area contributed by atoms with Crippen LogP contribution in [0.15, 0.2) is 22.3 Å². The van der Waals surface area contributed by atoms with Gasteiger partial charge in [0, 0.05) is 28.1 Å². The summed E-state index contributed by atoms with van der Waals surface area (Å²) in [6.45, 7) is 8.15. The Kier molecular flexibility index (Phi) is 6.55. The largest absolute Gasteiger partial charge is 0.348 e. The van der Waals surface area contributed by atoms with Crippen molar-refractivity contribution in [2.75, 3.05) is 0 Å². The molecule has 0 saturated heterocycles. The van der Waals surface area contributed by atoms with E-state index in [1.165, 1.54) is 42.6 Å². The number of aromatic nitrogens is 1. The topological polar surface area (TPSA) is 62.0 Å². The Hall–Kier alpha value is -2.14. The number of aryl methyl sites for hydroxylation is 2. The summed E-state index contributed by atoms with van der Waals surface area (Å²) in [5.41, 5.74) is 5.38. The summed E-state index contributed by atoms with van der Waals surface area (Å²) < 4.78 is 0. The maximum Gasteiger partial charge on any atom is 0.253 e. The summed E-state index contributed by atoms with van der Waals surface area (Å²) in [6, 6.07) is 1.93. The minimum absolute atomic E-state index is 0.113. The lowest BCUT2D eigenvalue weighted by Crippen LogP contribution is -2.28. The van der Waals surface area contributed by atoms with Gasteiger partial charge in [0.1, 0.15) is 0 Å². The van der Waals surface area contributed by atoms with E-state index in [9.17, 15) is 9.59 Å². The minimum Gasteiger partial charge on any atom is -0.348 e. The number of allylic oxidation sites excluding steroid dienone is 2. The first-order chi connectivity index (χ1) is 13.4. The van der Waals surface area contributed by atoms with E-state index in [0.29, 0.717) is 11.5 Å². The molecule has 1 saturated carbocycles. The first-order valence-corrected chi connectivity index (χ1v) is 11.0. The van der Waals surface area contributed by atoms with Gasteiger partial charge in [-0.2, -0.15) is 0 Å². The zero-order valence-electron chi connectivity index (χ0n) is 17.3. The van der Waals surface area contributed by atoms with Gasteiger partial charge in [0.05, 0.1) is 5.56 Å². The van der Waals surface area contributed by atoms with Gasteiger partial charge >= 0.3 is 0 Å². The number of carbonyl (C=O) groups excluding carboxylic acids is 1. The summed E-state index contributed by atoms with van der Waals surface area (Å²) in [6.07, 6.45) is 8.64. The molecule has 0 bridgehead atoms. The number of H-pyrrole nitrogens is 1. The molecule has 0 spiro atoms. The highest BCUT2D eigenvalue weighted by Crippen LogP contribution is 2.39. The van der Waals surface area contributed by atoms with E-state index in [2.05, 4.69) is 23.3 Å². The number of thiophene rings is 1. The molecule has 0 aromatic carbocycles. The van der Waals surface area contributed by atoms with Crippen molar-refractivity contribution in [1.82, 2.24) is 10.3 Å². The number of rotatable bonds is 5. The van der Waals surface area contributed by atoms with Crippen molar-refractivity contribution in [2.45, 2.75) is 66.3 Å². The molecule has 0 atom stereocenters. The van der Waals surface area contributed by atoms with Gasteiger partial charge in [0.15, 0.2) is 0 Å². The Bertz CT molecular complexity index is 946. The van der Waals surface area contributed by atoms with Gasteiger partial charge in [-0.3, -0.25) is 9.59 Å². The quantitative estimate of drug-likeness (QED) is 0.720. The summed E-state index contributed by atoms with van der Waals surface area (Å²) in [5, 5.41) is 4.89. The summed E-state index contributed by atoms with van der Waals surface area (Å²) >= 11 is 1.66. The SMILES string of the molecule is CC=C(c1scc(C(=O)NCc2c(C)cc(C)[nH]c2=O)c1C)C1CCCCC1. The molecule has 3 rings (SSSR count). The van der Waals surface area contributed by atoms with Crippen LogP contribution in [0.1, 0.15) is 76.6 Å². The van der Waals surface area contributed by atoms with Crippen LogP contribution in [-0.4, -0.2) is 10.9 Å². The number of amides is 1. The van der Waals surface area contributed by atoms with Crippen LogP contribution in [0.4, 0.5) is 0 Å². The molecule has 2 aromatic rings. The molecule has 2 N–H and O–H groups in total. The molecule has 5 heteroatoms. The molecule has 0 aliphatic heterocycles. The van der Waals surface area contributed by atoms with Gasteiger partial charge < -0.3 is 10.3 Å². The van der Waals surface area contributed by atoms with Crippen molar-refractivity contribution in [3.63, 3.8) is 0 Å². The van der Waals surface area contributed by atoms with Crippen molar-refractivity contribution in [1.29, 1.82) is 0 Å². The fourth-order valence-electron chi connectivity index (χ4n) is 4.26. The Morgan fingerprint density at radius 3 is 2.61 bits per heavy atom. The second kappa shape index (κ2) is 8.91. The molecule has 28 heavy (non-hydrogen) atoms. The van der Waals surface area contributed by atoms with Gasteiger partial charge in [-0.15, -0.1) is 11.3 Å². The molecule has 1 aliphatic rings. The molecule has 150 valence electrons. The van der Waals surface area contributed by atoms with Crippen molar-refractivity contribution < 1.29 is 4.79 Å². The monoisotopic (exact) mass is 398 g/mol. The van der Waals surface area contributed by atoms with Crippen LogP contribution in [-0.2, 0) is 6.54 Å². The summed E-state index contributed by atoms with van der Waals surface area (Å²) in [7, 11) is 0. The van der Waals surface area contributed by atoms with E-state index in [4.69, 9.17) is 0 Å². The maximum atomic E-state index is 12.8. The Labute approximate surface area is 171 Å². The van der Waals surface area contributed by atoms with Crippen molar-refractivity contribution in [2.24, 2.45) is 5.92 Å². The van der Waals surface area contributed by atoms with Gasteiger partial charge in [0.25, 0.3) is 11.5 Å². The molecule has 0 unspecified atom stereocenters. The number of nitrogens with one attached hydrogen (secondary N) is 2. The maximum absolute atomic E-state index is 12.8. The molecule has 0 radical (unpaired) electrons. The Morgan fingerprint density at radius 2 is 1.96 bits per heavy atom. The zero-order chi connectivity index (χ0) is 20.3. The fourth-order valence-corrected chi connectivity index (χ4v) is 5.48. The van der Waals surface area contributed by atoms with E-state index in [0.717, 1.165) is 22.4 Å². The predicted octanol–water partition coefficient (Wildman–Crippen LogP) is 5.28. The molecular weight excluding hydrogens is 368 g/mol. The van der Waals surface area contributed by atoms with Crippen molar-refractivity contribution in [3.05, 3.63) is 60.7 Å². The van der Waals surface area contributed by atoms with Gasteiger partial charge in [0.2, 0.25) is 0 Å². The number of hydrogen-bond acceptors (Lipinski definition) is 3. The van der Waals surface area contributed by atoms with Crippen molar-refractivity contribution >= 4 is 22.8 Å². The normalized spacial score (nSPS) is 15.6. The molecule has 1 fully saturated rings. The number of carbonyl (C=O) groups is 1. The van der Waals surface area contributed by atoms with Crippen LogP contribution in [0.3, 0.4) is 0 Å². The van der Waals surface area contributed by atoms with Gasteiger partial charge in [-0.05, 0) is 69.2 Å². The van der Waals surface area contributed by atoms with E-state index >= 15 is 0 Å². The van der Waals surface area contributed by atoms with E-state index in [1.54, 1.807) is 11.3 Å². The van der Waals surface area contributed by atoms with Gasteiger partial charge in [-0.1, -0.05) is 25.3 Å². The third-order valence-electron chi connectivity index (χ3n) is 5.82. The second-order valence-electron chi connectivity index (χ2n) is 7.81. The highest BCUT2D eigenvalue weighted by Gasteiger charge is 2.23. The summed E-state index contributed by atoms with van der Waals surface area (Å²) in [4.78, 5) is 29.0. The smallest absolute Gasteiger partial charge is 0.253 e. The first kappa shape index (κ1) is 20.6. The number of hydrogen-bond donors (Lipinski definition) is 2. The molecular formula is C23H30N2O2S. The van der Waals surface area contributed by atoms with Crippen LogP contribution < -0.4 is 10.9 Å². The third-order valence-corrected chi connectivity index (χ3v) is 6.95. The highest BCUT2D eigenvalue weighted by molar-refractivity contribution is 7.11. The van der Waals surface area contributed by atoms with Crippen molar-refractivity contribution in [3.8, 4) is 0 Å². The zero-order valence-corrected chi connectivity index (χ0v) is 18.1. The van der Waals surface area contributed by atoms with Crippen LogP contribution >= 0.6 is 11.3 Å². The van der Waals surface area contributed by atoms with Crippen LogP contribution in [0.2, 0.25) is 0 Å². The lowest BCUT2D eigenvalue weighted by molar-refractivity contribution is 0.0950. The lowest BCUT2D eigenvalue weighted by atomic mass is 9.82. The molecule has 4 nitrogen and oxygen atoms in total. The third kappa shape index (κ3) is 4.30. The number of aromatic amines is 1. The Balaban J connectivity index is 1.76. The van der Waals surface area contributed by atoms with E-state index in [1.807, 2.05) is 32.2 Å². The lowest BCUT2D eigenvalue weighted by Gasteiger charge is -2.24. The average molecular weight is 399 g/mol. The average Bonchev–Trinajstić information content (AvgIpc) is 3.04. The molecule has 1 aliphatic carbocycles. The van der Waals surface area contributed by atoms with Gasteiger partial charge in [-0.25, -0.2) is 0 Å². The van der Waals surface area contributed by atoms with Crippen LogP contribution in [0.5, 0.6) is 0 Å². The van der Waals surface area contributed by atoms with E-state index < -0.39 is 0 Å². The number of pyridine rings is 1. The minimum atomic E-state index is -0.131. The molecule has 2 heterocycles. The van der Waals surface area contributed by atoms with E-state index in [-0.39, 0.29) is 18.0 Å². The summed E-state index contributed by atoms with van der Waals surface area (Å²) in [5.74, 6) is 0.499. The molecule has 1 amide bonds. The second-order valence-corrected chi connectivity index (χ2v) is 8.69. The van der Waals surface area contributed by atoms with Crippen LogP contribution in [0, 0.1) is 26.7 Å².